The van der Waals surface area contributed by atoms with E-state index in [9.17, 15) is 0 Å². The Morgan fingerprint density at radius 2 is 2.26 bits per heavy atom. The molecule has 0 radical (unpaired) electrons. The van der Waals surface area contributed by atoms with Gasteiger partial charge in [0.1, 0.15) is 5.75 Å². The maximum absolute atomic E-state index is 5.84. The summed E-state index contributed by atoms with van der Waals surface area (Å²) >= 11 is 0. The number of hydrogen-bond acceptors (Lipinski definition) is 3. The second kappa shape index (κ2) is 6.40. The van der Waals surface area contributed by atoms with Crippen molar-refractivity contribution in [2.45, 2.75) is 38.8 Å². The third-order valence-electron chi connectivity index (χ3n) is 4.21. The second-order valence-corrected chi connectivity index (χ2v) is 5.26. The van der Waals surface area contributed by atoms with Gasteiger partial charge in [0.25, 0.3) is 0 Å². The molecule has 0 aromatic heterocycles. The van der Waals surface area contributed by atoms with E-state index in [1.54, 1.807) is 7.11 Å². The SMILES string of the molecule is CCC1OCCC1C(NC)c1ccc(OC)cc1C. The highest BCUT2D eigenvalue weighted by atomic mass is 16.5. The summed E-state index contributed by atoms with van der Waals surface area (Å²) in [4.78, 5) is 0. The average molecular weight is 263 g/mol. The van der Waals surface area contributed by atoms with Gasteiger partial charge in [0.15, 0.2) is 0 Å². The van der Waals surface area contributed by atoms with Crippen LogP contribution < -0.4 is 10.1 Å². The van der Waals surface area contributed by atoms with Crippen LogP contribution in [0.15, 0.2) is 18.2 Å². The van der Waals surface area contributed by atoms with Crippen LogP contribution in [0.3, 0.4) is 0 Å². The molecule has 1 fully saturated rings. The Morgan fingerprint density at radius 1 is 1.47 bits per heavy atom. The Morgan fingerprint density at radius 3 is 2.84 bits per heavy atom. The predicted octanol–water partition coefficient (Wildman–Crippen LogP) is 3.08. The fraction of sp³-hybridized carbons (Fsp3) is 0.625. The van der Waals surface area contributed by atoms with Crippen LogP contribution in [-0.4, -0.2) is 26.9 Å². The zero-order valence-corrected chi connectivity index (χ0v) is 12.4. The molecule has 0 spiro atoms. The van der Waals surface area contributed by atoms with Gasteiger partial charge in [-0.25, -0.2) is 0 Å². The third kappa shape index (κ3) is 2.93. The number of nitrogens with one attached hydrogen (secondary N) is 1. The lowest BCUT2D eigenvalue weighted by Crippen LogP contribution is -2.31. The fourth-order valence-corrected chi connectivity index (χ4v) is 3.19. The van der Waals surface area contributed by atoms with Gasteiger partial charge in [-0.2, -0.15) is 0 Å². The monoisotopic (exact) mass is 263 g/mol. The quantitative estimate of drug-likeness (QED) is 0.885. The smallest absolute Gasteiger partial charge is 0.119 e. The van der Waals surface area contributed by atoms with Crippen molar-refractivity contribution in [1.29, 1.82) is 0 Å². The highest BCUT2D eigenvalue weighted by Gasteiger charge is 2.34. The molecule has 1 aromatic rings. The summed E-state index contributed by atoms with van der Waals surface area (Å²) in [5.74, 6) is 1.48. The van der Waals surface area contributed by atoms with Crippen molar-refractivity contribution in [1.82, 2.24) is 5.32 Å². The van der Waals surface area contributed by atoms with Crippen molar-refractivity contribution < 1.29 is 9.47 Å². The summed E-state index contributed by atoms with van der Waals surface area (Å²) in [5.41, 5.74) is 2.64. The van der Waals surface area contributed by atoms with Gasteiger partial charge in [0, 0.05) is 18.6 Å². The van der Waals surface area contributed by atoms with Crippen LogP contribution in [-0.2, 0) is 4.74 Å². The van der Waals surface area contributed by atoms with Crippen molar-refractivity contribution >= 4 is 0 Å². The van der Waals surface area contributed by atoms with Gasteiger partial charge in [0.2, 0.25) is 0 Å². The van der Waals surface area contributed by atoms with E-state index in [-0.39, 0.29) is 0 Å². The minimum atomic E-state index is 0.360. The molecule has 1 aliphatic heterocycles. The van der Waals surface area contributed by atoms with Gasteiger partial charge >= 0.3 is 0 Å². The molecule has 1 saturated heterocycles. The van der Waals surface area contributed by atoms with Gasteiger partial charge in [-0.05, 0) is 50.1 Å². The van der Waals surface area contributed by atoms with E-state index in [1.807, 2.05) is 13.1 Å². The van der Waals surface area contributed by atoms with Gasteiger partial charge in [0.05, 0.1) is 13.2 Å². The van der Waals surface area contributed by atoms with E-state index in [0.717, 1.165) is 25.2 Å². The Labute approximate surface area is 116 Å². The van der Waals surface area contributed by atoms with Gasteiger partial charge in [-0.1, -0.05) is 13.0 Å². The van der Waals surface area contributed by atoms with Crippen LogP contribution >= 0.6 is 0 Å². The van der Waals surface area contributed by atoms with Crippen molar-refractivity contribution in [2.24, 2.45) is 5.92 Å². The molecular weight excluding hydrogens is 238 g/mol. The number of methoxy groups -OCH3 is 1. The molecule has 106 valence electrons. The van der Waals surface area contributed by atoms with Crippen LogP contribution in [0.4, 0.5) is 0 Å². The molecule has 3 atom stereocenters. The molecule has 0 amide bonds. The summed E-state index contributed by atoms with van der Waals surface area (Å²) in [7, 11) is 3.75. The molecule has 0 saturated carbocycles. The molecule has 1 N–H and O–H groups in total. The minimum Gasteiger partial charge on any atom is -0.497 e. The fourth-order valence-electron chi connectivity index (χ4n) is 3.19. The van der Waals surface area contributed by atoms with E-state index in [2.05, 4.69) is 31.3 Å². The highest BCUT2D eigenvalue weighted by molar-refractivity contribution is 5.37. The lowest BCUT2D eigenvalue weighted by Gasteiger charge is -2.28. The summed E-state index contributed by atoms with van der Waals surface area (Å²) in [6, 6.07) is 6.69. The number of benzene rings is 1. The Hall–Kier alpha value is -1.06. The molecule has 3 nitrogen and oxygen atoms in total. The van der Waals surface area contributed by atoms with E-state index in [4.69, 9.17) is 9.47 Å². The summed E-state index contributed by atoms with van der Waals surface area (Å²) in [5, 5.41) is 3.48. The minimum absolute atomic E-state index is 0.360. The third-order valence-corrected chi connectivity index (χ3v) is 4.21. The van der Waals surface area contributed by atoms with Crippen molar-refractivity contribution in [3.8, 4) is 5.75 Å². The Kier molecular flexibility index (Phi) is 4.83. The number of ether oxygens (including phenoxy) is 2. The topological polar surface area (TPSA) is 30.5 Å². The lowest BCUT2D eigenvalue weighted by molar-refractivity contribution is 0.0782. The molecule has 2 rings (SSSR count). The summed E-state index contributed by atoms with van der Waals surface area (Å²) < 4.78 is 11.1. The lowest BCUT2D eigenvalue weighted by atomic mass is 9.85. The standard InChI is InChI=1S/C16H25NO2/c1-5-15-14(8-9-19-15)16(17-3)13-7-6-12(18-4)10-11(13)2/h6-7,10,14-17H,5,8-9H2,1-4H3. The van der Waals surface area contributed by atoms with Crippen LogP contribution in [0.25, 0.3) is 0 Å². The van der Waals surface area contributed by atoms with E-state index in [0.29, 0.717) is 18.1 Å². The first kappa shape index (κ1) is 14.4. The average Bonchev–Trinajstić information content (AvgIpc) is 2.89. The maximum Gasteiger partial charge on any atom is 0.119 e. The Balaban J connectivity index is 2.26. The van der Waals surface area contributed by atoms with E-state index >= 15 is 0 Å². The first-order valence-electron chi connectivity index (χ1n) is 7.14. The molecule has 3 heteroatoms. The number of rotatable bonds is 5. The first-order chi connectivity index (χ1) is 9.21. The Bertz CT molecular complexity index is 419. The van der Waals surface area contributed by atoms with Crippen molar-refractivity contribution in [3.05, 3.63) is 29.3 Å². The van der Waals surface area contributed by atoms with Gasteiger partial charge < -0.3 is 14.8 Å². The molecule has 1 aromatic carbocycles. The zero-order chi connectivity index (χ0) is 13.8. The van der Waals surface area contributed by atoms with Crippen LogP contribution in [0.2, 0.25) is 0 Å². The predicted molar refractivity (Wildman–Crippen MR) is 77.7 cm³/mol. The summed E-state index contributed by atoms with van der Waals surface area (Å²) in [6.45, 7) is 5.24. The highest BCUT2D eigenvalue weighted by Crippen LogP contribution is 2.36. The first-order valence-corrected chi connectivity index (χ1v) is 7.14. The number of hydrogen-bond donors (Lipinski definition) is 1. The van der Waals surface area contributed by atoms with Crippen molar-refractivity contribution in [2.75, 3.05) is 20.8 Å². The molecule has 19 heavy (non-hydrogen) atoms. The van der Waals surface area contributed by atoms with Crippen LogP contribution in [0.1, 0.15) is 36.9 Å². The summed E-state index contributed by atoms with van der Waals surface area (Å²) in [6.07, 6.45) is 2.59. The van der Waals surface area contributed by atoms with E-state index < -0.39 is 0 Å². The molecule has 0 aliphatic carbocycles. The maximum atomic E-state index is 5.84. The van der Waals surface area contributed by atoms with Crippen LogP contribution in [0, 0.1) is 12.8 Å². The van der Waals surface area contributed by atoms with E-state index in [1.165, 1.54) is 11.1 Å². The molecular formula is C16H25NO2. The zero-order valence-electron chi connectivity index (χ0n) is 12.4. The molecule has 0 bridgehead atoms. The van der Waals surface area contributed by atoms with Gasteiger partial charge in [-0.3, -0.25) is 0 Å². The molecule has 1 aliphatic rings. The van der Waals surface area contributed by atoms with Crippen molar-refractivity contribution in [3.63, 3.8) is 0 Å². The second-order valence-electron chi connectivity index (χ2n) is 5.26. The normalized spacial score (nSPS) is 24.4. The molecule has 3 unspecified atom stereocenters. The van der Waals surface area contributed by atoms with Crippen LogP contribution in [0.5, 0.6) is 5.75 Å². The number of aryl methyl sites for hydroxylation is 1. The molecule has 1 heterocycles. The van der Waals surface area contributed by atoms with Gasteiger partial charge in [-0.15, -0.1) is 0 Å². The largest absolute Gasteiger partial charge is 0.497 e.